The van der Waals surface area contributed by atoms with E-state index in [1.54, 1.807) is 0 Å². The maximum absolute atomic E-state index is 13.1. The summed E-state index contributed by atoms with van der Waals surface area (Å²) in [6.45, 7) is 6.37. The molecule has 1 aromatic carbocycles. The van der Waals surface area contributed by atoms with Crippen LogP contribution in [0.15, 0.2) is 30.3 Å². The van der Waals surface area contributed by atoms with Crippen LogP contribution in [-0.2, 0) is 11.2 Å². The van der Waals surface area contributed by atoms with Gasteiger partial charge in [-0.3, -0.25) is 9.69 Å². The fourth-order valence-electron chi connectivity index (χ4n) is 5.37. The van der Waals surface area contributed by atoms with Gasteiger partial charge in [0.15, 0.2) is 5.60 Å². The highest BCUT2D eigenvalue weighted by Crippen LogP contribution is 2.41. The first-order chi connectivity index (χ1) is 13.5. The highest BCUT2D eigenvalue weighted by atomic mass is 16.3. The molecule has 154 valence electrons. The zero-order chi connectivity index (χ0) is 19.6. The van der Waals surface area contributed by atoms with Crippen LogP contribution >= 0.6 is 0 Å². The number of piperidine rings is 2. The zero-order valence-corrected chi connectivity index (χ0v) is 17.3. The first-order valence-corrected chi connectivity index (χ1v) is 10.9. The van der Waals surface area contributed by atoms with E-state index in [4.69, 9.17) is 0 Å². The predicted molar refractivity (Wildman–Crippen MR) is 111 cm³/mol. The molecule has 28 heavy (non-hydrogen) atoms. The summed E-state index contributed by atoms with van der Waals surface area (Å²) >= 11 is 0. The van der Waals surface area contributed by atoms with Crippen LogP contribution in [0, 0.1) is 5.41 Å². The summed E-state index contributed by atoms with van der Waals surface area (Å²) in [6.07, 6.45) is 6.04. The number of hydrogen-bond acceptors (Lipinski definition) is 4. The number of rotatable bonds is 5. The van der Waals surface area contributed by atoms with Crippen molar-refractivity contribution in [2.45, 2.75) is 44.1 Å². The number of aliphatic hydroxyl groups is 1. The summed E-state index contributed by atoms with van der Waals surface area (Å²) < 4.78 is 0. The Morgan fingerprint density at radius 2 is 1.71 bits per heavy atom. The smallest absolute Gasteiger partial charge is 0.255 e. The van der Waals surface area contributed by atoms with Crippen LogP contribution in [0.3, 0.4) is 0 Å². The van der Waals surface area contributed by atoms with Gasteiger partial charge in [0.1, 0.15) is 0 Å². The van der Waals surface area contributed by atoms with Crippen LogP contribution in [0.2, 0.25) is 0 Å². The molecule has 0 saturated carbocycles. The Morgan fingerprint density at radius 3 is 2.46 bits per heavy atom. The highest BCUT2D eigenvalue weighted by molar-refractivity contribution is 5.86. The molecule has 5 heteroatoms. The van der Waals surface area contributed by atoms with Gasteiger partial charge in [-0.15, -0.1) is 0 Å². The summed E-state index contributed by atoms with van der Waals surface area (Å²) in [5.74, 6) is -0.0565. The molecule has 0 aromatic heterocycles. The number of carbonyl (C=O) groups excluding carboxylic acids is 1. The van der Waals surface area contributed by atoms with Crippen molar-refractivity contribution in [2.75, 3.05) is 52.9 Å². The second kappa shape index (κ2) is 8.13. The van der Waals surface area contributed by atoms with E-state index in [0.717, 1.165) is 32.5 Å². The third-order valence-corrected chi connectivity index (χ3v) is 7.27. The van der Waals surface area contributed by atoms with Gasteiger partial charge in [-0.2, -0.15) is 0 Å². The van der Waals surface area contributed by atoms with Crippen LogP contribution < -0.4 is 0 Å². The van der Waals surface area contributed by atoms with Crippen molar-refractivity contribution in [1.29, 1.82) is 0 Å². The lowest BCUT2D eigenvalue weighted by molar-refractivity contribution is -0.159. The lowest BCUT2D eigenvalue weighted by Gasteiger charge is -2.41. The minimum Gasteiger partial charge on any atom is -0.379 e. The van der Waals surface area contributed by atoms with Gasteiger partial charge in [-0.25, -0.2) is 0 Å². The zero-order valence-electron chi connectivity index (χ0n) is 17.3. The topological polar surface area (TPSA) is 47.0 Å². The fourth-order valence-corrected chi connectivity index (χ4v) is 5.37. The molecule has 0 aliphatic carbocycles. The van der Waals surface area contributed by atoms with Gasteiger partial charge < -0.3 is 14.9 Å². The molecule has 1 amide bonds. The van der Waals surface area contributed by atoms with Gasteiger partial charge in [0, 0.05) is 26.2 Å². The molecule has 1 atom stereocenters. The van der Waals surface area contributed by atoms with Gasteiger partial charge in [0.25, 0.3) is 5.91 Å². The molecule has 3 aliphatic rings. The summed E-state index contributed by atoms with van der Waals surface area (Å²) in [5, 5.41) is 11.3. The maximum Gasteiger partial charge on any atom is 0.255 e. The Bertz CT molecular complexity index is 672. The van der Waals surface area contributed by atoms with Crippen molar-refractivity contribution in [3.05, 3.63) is 35.9 Å². The number of β-amino-alcohol motifs (C(OH)–C–C–N with tert-alkyl or cyclic N) is 1. The SMILES string of the molecule is CN1CCC2(CC1)CCN(C[C@@]1(O)CCCN(CCc3ccccc3)C1=O)C2. The second-order valence-corrected chi connectivity index (χ2v) is 9.43. The molecule has 3 heterocycles. The van der Waals surface area contributed by atoms with Crippen LogP contribution in [0.5, 0.6) is 0 Å². The predicted octanol–water partition coefficient (Wildman–Crippen LogP) is 2.00. The summed E-state index contributed by atoms with van der Waals surface area (Å²) in [6, 6.07) is 10.3. The van der Waals surface area contributed by atoms with Gasteiger partial charge >= 0.3 is 0 Å². The number of hydrogen-bond donors (Lipinski definition) is 1. The lowest BCUT2D eigenvalue weighted by Crippen LogP contribution is -2.58. The molecule has 1 N–H and O–H groups in total. The summed E-state index contributed by atoms with van der Waals surface area (Å²) in [5.41, 5.74) is 0.452. The number of amides is 1. The Balaban J connectivity index is 1.34. The molecule has 1 aromatic rings. The van der Waals surface area contributed by atoms with Crippen molar-refractivity contribution in [1.82, 2.24) is 14.7 Å². The van der Waals surface area contributed by atoms with Crippen molar-refractivity contribution < 1.29 is 9.90 Å². The van der Waals surface area contributed by atoms with E-state index in [9.17, 15) is 9.90 Å². The fraction of sp³-hybridized carbons (Fsp3) is 0.696. The first kappa shape index (κ1) is 19.9. The van der Waals surface area contributed by atoms with E-state index in [2.05, 4.69) is 29.0 Å². The van der Waals surface area contributed by atoms with E-state index in [1.165, 1.54) is 37.9 Å². The molecule has 0 radical (unpaired) electrons. The van der Waals surface area contributed by atoms with Crippen molar-refractivity contribution in [3.8, 4) is 0 Å². The minimum absolute atomic E-state index is 0.0565. The van der Waals surface area contributed by atoms with Gasteiger partial charge in [-0.1, -0.05) is 30.3 Å². The second-order valence-electron chi connectivity index (χ2n) is 9.43. The molecule has 3 fully saturated rings. The quantitative estimate of drug-likeness (QED) is 0.842. The van der Waals surface area contributed by atoms with E-state index in [-0.39, 0.29) is 5.91 Å². The van der Waals surface area contributed by atoms with Gasteiger partial charge in [-0.05, 0) is 76.2 Å². The monoisotopic (exact) mass is 385 g/mol. The molecule has 0 bridgehead atoms. The molecule has 5 nitrogen and oxygen atoms in total. The lowest BCUT2D eigenvalue weighted by atomic mass is 9.78. The van der Waals surface area contributed by atoms with E-state index >= 15 is 0 Å². The van der Waals surface area contributed by atoms with E-state index < -0.39 is 5.60 Å². The van der Waals surface area contributed by atoms with E-state index in [1.807, 2.05) is 23.1 Å². The Morgan fingerprint density at radius 1 is 1.00 bits per heavy atom. The normalized spacial score (nSPS) is 28.9. The molecular weight excluding hydrogens is 350 g/mol. The first-order valence-electron chi connectivity index (χ1n) is 10.9. The summed E-state index contributed by atoms with van der Waals surface area (Å²) in [7, 11) is 2.20. The molecule has 3 saturated heterocycles. The maximum atomic E-state index is 13.1. The average molecular weight is 386 g/mol. The average Bonchev–Trinajstić information content (AvgIpc) is 3.08. The summed E-state index contributed by atoms with van der Waals surface area (Å²) in [4.78, 5) is 19.8. The van der Waals surface area contributed by atoms with Gasteiger partial charge in [0.2, 0.25) is 0 Å². The van der Waals surface area contributed by atoms with Gasteiger partial charge in [0.05, 0.1) is 0 Å². The van der Waals surface area contributed by atoms with Crippen LogP contribution in [0.4, 0.5) is 0 Å². The number of likely N-dealkylation sites (tertiary alicyclic amines) is 3. The number of benzene rings is 1. The van der Waals surface area contributed by atoms with E-state index in [0.29, 0.717) is 24.9 Å². The van der Waals surface area contributed by atoms with Crippen LogP contribution in [-0.4, -0.2) is 84.2 Å². The number of nitrogens with zero attached hydrogens (tertiary/aromatic N) is 3. The van der Waals surface area contributed by atoms with Crippen molar-refractivity contribution in [3.63, 3.8) is 0 Å². The van der Waals surface area contributed by atoms with Crippen molar-refractivity contribution in [2.24, 2.45) is 5.41 Å². The molecule has 0 unspecified atom stereocenters. The van der Waals surface area contributed by atoms with Crippen molar-refractivity contribution >= 4 is 5.91 Å². The Kier molecular flexibility index (Phi) is 5.77. The Labute approximate surface area is 169 Å². The third kappa shape index (κ3) is 4.27. The van der Waals surface area contributed by atoms with Crippen LogP contribution in [0.25, 0.3) is 0 Å². The molecule has 4 rings (SSSR count). The number of carbonyl (C=O) groups is 1. The third-order valence-electron chi connectivity index (χ3n) is 7.27. The molecule has 1 spiro atoms. The molecule has 3 aliphatic heterocycles. The standard InChI is InChI=1S/C23H35N3O2/c1-24-15-10-22(11-16-24)12-17-25(18-22)19-23(28)9-5-13-26(21(23)27)14-8-20-6-3-2-4-7-20/h2-4,6-7,28H,5,8-19H2,1H3/t23-/m0/s1. The minimum atomic E-state index is -1.20. The highest BCUT2D eigenvalue weighted by Gasteiger charge is 2.47. The molecular formula is C23H35N3O2. The Hall–Kier alpha value is -1.43. The largest absolute Gasteiger partial charge is 0.379 e. The van der Waals surface area contributed by atoms with Crippen LogP contribution in [0.1, 0.15) is 37.7 Å².